The Morgan fingerprint density at radius 2 is 1.93 bits per heavy atom. The van der Waals surface area contributed by atoms with Gasteiger partial charge in [-0.25, -0.2) is 4.79 Å². The van der Waals surface area contributed by atoms with Crippen LogP contribution in [0.5, 0.6) is 0 Å². The number of benzene rings is 2. The van der Waals surface area contributed by atoms with Crippen molar-refractivity contribution in [1.82, 2.24) is 15.4 Å². The number of nitriles is 1. The summed E-state index contributed by atoms with van der Waals surface area (Å²) in [6.45, 7) is 1.62. The van der Waals surface area contributed by atoms with E-state index in [4.69, 9.17) is 9.78 Å². The second-order valence-corrected chi connectivity index (χ2v) is 6.69. The minimum absolute atomic E-state index is 0.00543. The molecule has 0 saturated carbocycles. The number of hydrogen-bond acceptors (Lipinski definition) is 5. The molecule has 3 aromatic rings. The van der Waals surface area contributed by atoms with Gasteiger partial charge in [-0.3, -0.25) is 9.69 Å². The van der Waals surface area contributed by atoms with Gasteiger partial charge in [-0.2, -0.15) is 5.26 Å². The van der Waals surface area contributed by atoms with Crippen molar-refractivity contribution < 1.29 is 14.1 Å². The third-order valence-electron chi connectivity index (χ3n) is 4.78. The summed E-state index contributed by atoms with van der Waals surface area (Å²) in [7, 11) is 0. The quantitative estimate of drug-likeness (QED) is 0.709. The second kappa shape index (κ2) is 6.67. The highest BCUT2D eigenvalue weighted by atomic mass is 16.5. The lowest BCUT2D eigenvalue weighted by Crippen LogP contribution is -2.40. The van der Waals surface area contributed by atoms with Crippen molar-refractivity contribution in [2.24, 2.45) is 0 Å². The van der Waals surface area contributed by atoms with E-state index in [2.05, 4.69) is 10.5 Å². The Morgan fingerprint density at radius 3 is 2.68 bits per heavy atom. The number of urea groups is 1. The number of amides is 3. The van der Waals surface area contributed by atoms with Gasteiger partial charge in [0, 0.05) is 11.6 Å². The first-order chi connectivity index (χ1) is 13.5. The first-order valence-electron chi connectivity index (χ1n) is 8.67. The molecule has 1 atom stereocenters. The zero-order valence-corrected chi connectivity index (χ0v) is 15.0. The Hall–Kier alpha value is -3.92. The van der Waals surface area contributed by atoms with Gasteiger partial charge in [0.1, 0.15) is 11.2 Å². The molecule has 1 aromatic heterocycles. The van der Waals surface area contributed by atoms with Crippen LogP contribution in [0.3, 0.4) is 0 Å². The van der Waals surface area contributed by atoms with Gasteiger partial charge >= 0.3 is 6.03 Å². The third kappa shape index (κ3) is 2.91. The average molecular weight is 372 g/mol. The van der Waals surface area contributed by atoms with Gasteiger partial charge in [-0.15, -0.1) is 0 Å². The number of aromatic nitrogens is 1. The highest BCUT2D eigenvalue weighted by Crippen LogP contribution is 2.30. The Balaban J connectivity index is 1.58. The molecule has 7 nitrogen and oxygen atoms in total. The Morgan fingerprint density at radius 1 is 1.14 bits per heavy atom. The zero-order chi connectivity index (χ0) is 19.7. The largest absolute Gasteiger partial charge is 0.356 e. The van der Waals surface area contributed by atoms with E-state index < -0.39 is 17.5 Å². The van der Waals surface area contributed by atoms with E-state index in [9.17, 15) is 9.59 Å². The number of nitrogens with zero attached hydrogens (tertiary/aromatic N) is 3. The van der Waals surface area contributed by atoms with Crippen LogP contribution in [0.1, 0.15) is 23.7 Å². The number of imide groups is 1. The van der Waals surface area contributed by atoms with Crippen LogP contribution in [0, 0.1) is 11.3 Å². The average Bonchev–Trinajstić information content (AvgIpc) is 3.28. The summed E-state index contributed by atoms with van der Waals surface area (Å²) >= 11 is 0. The van der Waals surface area contributed by atoms with E-state index >= 15 is 0 Å². The summed E-state index contributed by atoms with van der Waals surface area (Å²) in [5.41, 5.74) is 1.06. The fraction of sp³-hybridized carbons (Fsp3) is 0.143. The molecular weight excluding hydrogens is 356 g/mol. The standard InChI is InChI=1S/C21H16N4O3/c1-21(16-9-5-6-14(10-16)12-22)19(26)25(20(27)23-21)13-17-11-18(28-24-17)15-7-3-2-4-8-15/h2-11H,13H2,1H3,(H,23,27). The highest BCUT2D eigenvalue weighted by molar-refractivity contribution is 6.07. The summed E-state index contributed by atoms with van der Waals surface area (Å²) in [6, 6.07) is 19.3. The summed E-state index contributed by atoms with van der Waals surface area (Å²) in [5.74, 6) is 0.156. The van der Waals surface area contributed by atoms with E-state index in [0.717, 1.165) is 10.5 Å². The van der Waals surface area contributed by atoms with Crippen molar-refractivity contribution in [3.8, 4) is 17.4 Å². The lowest BCUT2D eigenvalue weighted by Gasteiger charge is -2.22. The molecule has 1 saturated heterocycles. The first-order valence-corrected chi connectivity index (χ1v) is 8.67. The molecule has 2 aromatic carbocycles. The molecule has 0 aliphatic carbocycles. The molecule has 0 radical (unpaired) electrons. The van der Waals surface area contributed by atoms with Crippen molar-refractivity contribution in [2.75, 3.05) is 0 Å². The summed E-state index contributed by atoms with van der Waals surface area (Å²) in [4.78, 5) is 26.6. The fourth-order valence-electron chi connectivity index (χ4n) is 3.22. The maximum Gasteiger partial charge on any atom is 0.325 e. The minimum Gasteiger partial charge on any atom is -0.356 e. The van der Waals surface area contributed by atoms with E-state index in [1.165, 1.54) is 0 Å². The number of hydrogen-bond donors (Lipinski definition) is 1. The predicted octanol–water partition coefficient (Wildman–Crippen LogP) is 3.18. The minimum atomic E-state index is -1.24. The van der Waals surface area contributed by atoms with E-state index in [1.807, 2.05) is 36.4 Å². The summed E-state index contributed by atoms with van der Waals surface area (Å²) in [5, 5.41) is 15.8. The van der Waals surface area contributed by atoms with Crippen molar-refractivity contribution in [2.45, 2.75) is 19.0 Å². The predicted molar refractivity (Wildman–Crippen MR) is 99.5 cm³/mol. The molecule has 1 aliphatic rings. The van der Waals surface area contributed by atoms with Crippen molar-refractivity contribution in [1.29, 1.82) is 5.26 Å². The van der Waals surface area contributed by atoms with Gasteiger partial charge in [0.05, 0.1) is 18.2 Å². The van der Waals surface area contributed by atoms with Crippen LogP contribution in [0.2, 0.25) is 0 Å². The topological polar surface area (TPSA) is 99.2 Å². The third-order valence-corrected chi connectivity index (χ3v) is 4.78. The van der Waals surface area contributed by atoms with Crippen LogP contribution in [0.15, 0.2) is 65.2 Å². The van der Waals surface area contributed by atoms with Gasteiger partial charge in [0.2, 0.25) is 0 Å². The van der Waals surface area contributed by atoms with E-state index in [0.29, 0.717) is 22.6 Å². The Kier molecular flexibility index (Phi) is 4.17. The molecule has 1 aliphatic heterocycles. The van der Waals surface area contributed by atoms with Gasteiger partial charge in [-0.1, -0.05) is 47.6 Å². The van der Waals surface area contributed by atoms with Crippen LogP contribution in [0.25, 0.3) is 11.3 Å². The summed E-state index contributed by atoms with van der Waals surface area (Å²) in [6.07, 6.45) is 0. The Labute approximate surface area is 161 Å². The zero-order valence-electron chi connectivity index (χ0n) is 15.0. The SMILES string of the molecule is CC1(c2cccc(C#N)c2)NC(=O)N(Cc2cc(-c3ccccc3)on2)C1=O. The molecule has 2 heterocycles. The van der Waals surface area contributed by atoms with Crippen molar-refractivity contribution >= 4 is 11.9 Å². The number of carbonyl (C=O) groups excluding carboxylic acids is 2. The number of rotatable bonds is 4. The van der Waals surface area contributed by atoms with Crippen LogP contribution in [-0.4, -0.2) is 22.0 Å². The molecule has 1 fully saturated rings. The maximum atomic E-state index is 13.0. The maximum absolute atomic E-state index is 13.0. The highest BCUT2D eigenvalue weighted by Gasteiger charge is 2.49. The molecule has 7 heteroatoms. The van der Waals surface area contributed by atoms with Crippen LogP contribution in [0.4, 0.5) is 4.79 Å². The monoisotopic (exact) mass is 372 g/mol. The first kappa shape index (κ1) is 17.5. The lowest BCUT2D eigenvalue weighted by atomic mass is 9.91. The van der Waals surface area contributed by atoms with Gasteiger partial charge in [0.25, 0.3) is 5.91 Å². The number of nitrogens with one attached hydrogen (secondary N) is 1. The molecule has 1 unspecified atom stereocenters. The van der Waals surface area contributed by atoms with Gasteiger partial charge < -0.3 is 9.84 Å². The van der Waals surface area contributed by atoms with Crippen LogP contribution < -0.4 is 5.32 Å². The molecular formula is C21H16N4O3. The molecule has 3 amide bonds. The molecule has 138 valence electrons. The molecule has 0 spiro atoms. The molecule has 1 N–H and O–H groups in total. The second-order valence-electron chi connectivity index (χ2n) is 6.69. The normalized spacial score (nSPS) is 18.8. The van der Waals surface area contributed by atoms with Gasteiger partial charge in [0.15, 0.2) is 5.76 Å². The van der Waals surface area contributed by atoms with E-state index in [-0.39, 0.29) is 6.54 Å². The van der Waals surface area contributed by atoms with Crippen LogP contribution in [-0.2, 0) is 16.9 Å². The lowest BCUT2D eigenvalue weighted by molar-refractivity contribution is -0.131. The molecule has 0 bridgehead atoms. The molecule has 4 rings (SSSR count). The van der Waals surface area contributed by atoms with E-state index in [1.54, 1.807) is 37.3 Å². The van der Waals surface area contributed by atoms with Gasteiger partial charge in [-0.05, 0) is 24.6 Å². The fourth-order valence-corrected chi connectivity index (χ4v) is 3.22. The summed E-state index contributed by atoms with van der Waals surface area (Å²) < 4.78 is 5.34. The van der Waals surface area contributed by atoms with Crippen molar-refractivity contribution in [3.63, 3.8) is 0 Å². The smallest absolute Gasteiger partial charge is 0.325 e. The van der Waals surface area contributed by atoms with Crippen LogP contribution >= 0.6 is 0 Å². The Bertz CT molecular complexity index is 1100. The van der Waals surface area contributed by atoms with Crippen molar-refractivity contribution in [3.05, 3.63) is 77.5 Å². The molecule has 28 heavy (non-hydrogen) atoms. The number of carbonyl (C=O) groups is 2.